The summed E-state index contributed by atoms with van der Waals surface area (Å²) in [7, 11) is 1.93. The van der Waals surface area contributed by atoms with Crippen LogP contribution in [0.15, 0.2) is 0 Å². The van der Waals surface area contributed by atoms with Gasteiger partial charge in [-0.1, -0.05) is 0 Å². The third-order valence-corrected chi connectivity index (χ3v) is 4.02. The predicted octanol–water partition coefficient (Wildman–Crippen LogP) is 0.890. The van der Waals surface area contributed by atoms with Crippen molar-refractivity contribution in [1.82, 2.24) is 15.1 Å². The fourth-order valence-corrected chi connectivity index (χ4v) is 2.74. The molecule has 21 heavy (non-hydrogen) atoms. The van der Waals surface area contributed by atoms with Gasteiger partial charge in [-0.25, -0.2) is 0 Å². The lowest BCUT2D eigenvalue weighted by molar-refractivity contribution is -0.122. The Morgan fingerprint density at radius 1 is 1.48 bits per heavy atom. The van der Waals surface area contributed by atoms with Crippen molar-refractivity contribution in [3.8, 4) is 0 Å². The Hall–Kier alpha value is -1.40. The first kappa shape index (κ1) is 16.0. The molecule has 0 bridgehead atoms. The molecule has 1 fully saturated rings. The summed E-state index contributed by atoms with van der Waals surface area (Å²) in [4.78, 5) is 12.1. The van der Waals surface area contributed by atoms with Crippen molar-refractivity contribution < 1.29 is 14.3 Å². The number of aromatic nitrogens is 2. The lowest BCUT2D eigenvalue weighted by Crippen LogP contribution is -2.43. The fraction of sp³-hybridized carbons (Fsp3) is 0.733. The van der Waals surface area contributed by atoms with E-state index in [1.807, 2.05) is 32.5 Å². The van der Waals surface area contributed by atoms with Crippen LogP contribution in [0, 0.1) is 13.8 Å². The van der Waals surface area contributed by atoms with E-state index in [1.165, 1.54) is 0 Å². The highest BCUT2D eigenvalue weighted by Gasteiger charge is 2.29. The van der Waals surface area contributed by atoms with Gasteiger partial charge in [0, 0.05) is 25.8 Å². The average Bonchev–Trinajstić information content (AvgIpc) is 2.95. The summed E-state index contributed by atoms with van der Waals surface area (Å²) in [5.41, 5.74) is 3.28. The number of ether oxygens (including phenoxy) is 2. The van der Waals surface area contributed by atoms with Gasteiger partial charge in [-0.3, -0.25) is 9.48 Å². The molecule has 1 N–H and O–H groups in total. The van der Waals surface area contributed by atoms with Gasteiger partial charge in [0.15, 0.2) is 0 Å². The second-order valence-corrected chi connectivity index (χ2v) is 5.48. The van der Waals surface area contributed by atoms with Crippen molar-refractivity contribution >= 4 is 5.91 Å². The second-order valence-electron chi connectivity index (χ2n) is 5.48. The summed E-state index contributed by atoms with van der Waals surface area (Å²) in [5, 5.41) is 7.39. The molecule has 6 heteroatoms. The molecule has 1 aromatic heterocycles. The Balaban J connectivity index is 1.85. The van der Waals surface area contributed by atoms with Crippen molar-refractivity contribution in [3.63, 3.8) is 0 Å². The van der Waals surface area contributed by atoms with Crippen molar-refractivity contribution in [3.05, 3.63) is 17.0 Å². The minimum Gasteiger partial charge on any atom is -0.376 e. The molecule has 0 saturated carbocycles. The lowest BCUT2D eigenvalue weighted by Gasteiger charge is -2.18. The maximum absolute atomic E-state index is 12.1. The van der Waals surface area contributed by atoms with Crippen LogP contribution < -0.4 is 5.32 Å². The Morgan fingerprint density at radius 2 is 2.24 bits per heavy atom. The van der Waals surface area contributed by atoms with E-state index >= 15 is 0 Å². The molecule has 0 aliphatic carbocycles. The van der Waals surface area contributed by atoms with Crippen molar-refractivity contribution in [2.75, 3.05) is 19.8 Å². The number of hydrogen-bond donors (Lipinski definition) is 1. The average molecular weight is 295 g/mol. The highest BCUT2D eigenvalue weighted by Crippen LogP contribution is 2.15. The van der Waals surface area contributed by atoms with E-state index in [1.54, 1.807) is 0 Å². The molecule has 0 radical (unpaired) electrons. The maximum atomic E-state index is 12.1. The summed E-state index contributed by atoms with van der Waals surface area (Å²) in [6, 6.07) is -0.0338. The van der Waals surface area contributed by atoms with Gasteiger partial charge >= 0.3 is 0 Å². The van der Waals surface area contributed by atoms with Gasteiger partial charge in [0.1, 0.15) is 6.10 Å². The van der Waals surface area contributed by atoms with Gasteiger partial charge in [-0.15, -0.1) is 0 Å². The Labute approximate surface area is 125 Å². The monoisotopic (exact) mass is 295 g/mol. The van der Waals surface area contributed by atoms with E-state index in [4.69, 9.17) is 9.47 Å². The highest BCUT2D eigenvalue weighted by molar-refractivity contribution is 5.76. The van der Waals surface area contributed by atoms with Crippen molar-refractivity contribution in [1.29, 1.82) is 0 Å². The molecule has 2 heterocycles. The summed E-state index contributed by atoms with van der Waals surface area (Å²) in [6.07, 6.45) is 1.15. The smallest absolute Gasteiger partial charge is 0.220 e. The van der Waals surface area contributed by atoms with Crippen LogP contribution in [0.3, 0.4) is 0 Å². The van der Waals surface area contributed by atoms with Crippen LogP contribution in [0.25, 0.3) is 0 Å². The zero-order valence-corrected chi connectivity index (χ0v) is 13.3. The molecule has 2 atom stereocenters. The number of carbonyl (C=O) groups excluding carboxylic acids is 1. The minimum absolute atomic E-state index is 0.0270. The molecule has 0 spiro atoms. The number of hydrogen-bond acceptors (Lipinski definition) is 4. The summed E-state index contributed by atoms with van der Waals surface area (Å²) in [5.74, 6) is 0.0397. The number of aryl methyl sites for hydroxylation is 2. The standard InChI is InChI=1S/C15H25N3O3/c1-5-21-14-9-20-8-13(14)16-15(19)7-6-12-10(2)17-18(4)11(12)3/h13-14H,5-9H2,1-4H3,(H,16,19)/t13-,14-/m1/s1. The van der Waals surface area contributed by atoms with E-state index in [2.05, 4.69) is 10.4 Å². The first-order valence-corrected chi connectivity index (χ1v) is 7.50. The topological polar surface area (TPSA) is 65.4 Å². The van der Waals surface area contributed by atoms with Crippen LogP contribution >= 0.6 is 0 Å². The summed E-state index contributed by atoms with van der Waals surface area (Å²) < 4.78 is 12.8. The third-order valence-electron chi connectivity index (χ3n) is 4.02. The summed E-state index contributed by atoms with van der Waals surface area (Å²) in [6.45, 7) is 7.68. The number of amides is 1. The van der Waals surface area contributed by atoms with Crippen molar-refractivity contribution in [2.45, 2.75) is 45.8 Å². The molecular formula is C15H25N3O3. The van der Waals surface area contributed by atoms with E-state index in [0.717, 1.165) is 17.0 Å². The van der Waals surface area contributed by atoms with Crippen LogP contribution in [-0.2, 0) is 27.7 Å². The molecule has 0 aromatic carbocycles. The maximum Gasteiger partial charge on any atom is 0.220 e. The Kier molecular flexibility index (Phi) is 5.36. The van der Waals surface area contributed by atoms with Gasteiger partial charge in [0.2, 0.25) is 5.91 Å². The van der Waals surface area contributed by atoms with Crippen molar-refractivity contribution in [2.24, 2.45) is 7.05 Å². The number of rotatable bonds is 6. The quantitative estimate of drug-likeness (QED) is 0.846. The molecule has 2 rings (SSSR count). The first-order chi connectivity index (χ1) is 10.0. The SMILES string of the molecule is CCO[C@@H]1COC[C@H]1NC(=O)CCc1c(C)nn(C)c1C. The fourth-order valence-electron chi connectivity index (χ4n) is 2.74. The van der Waals surface area contributed by atoms with E-state index in [-0.39, 0.29) is 18.1 Å². The predicted molar refractivity (Wildman–Crippen MR) is 79.2 cm³/mol. The van der Waals surface area contributed by atoms with Gasteiger partial charge in [-0.05, 0) is 32.8 Å². The Bertz CT molecular complexity index is 499. The van der Waals surface area contributed by atoms with Gasteiger partial charge in [-0.2, -0.15) is 5.10 Å². The van der Waals surface area contributed by atoms with E-state index in [9.17, 15) is 4.79 Å². The van der Waals surface area contributed by atoms with Crippen LogP contribution in [-0.4, -0.2) is 47.7 Å². The molecule has 1 aliphatic rings. The van der Waals surface area contributed by atoms with Crippen LogP contribution in [0.1, 0.15) is 30.3 Å². The van der Waals surface area contributed by atoms with Gasteiger partial charge < -0.3 is 14.8 Å². The zero-order valence-electron chi connectivity index (χ0n) is 13.3. The molecule has 1 saturated heterocycles. The largest absolute Gasteiger partial charge is 0.376 e. The Morgan fingerprint density at radius 3 is 2.86 bits per heavy atom. The lowest BCUT2D eigenvalue weighted by atomic mass is 10.1. The van der Waals surface area contributed by atoms with Crippen LogP contribution in [0.4, 0.5) is 0 Å². The molecule has 1 amide bonds. The normalized spacial score (nSPS) is 21.7. The number of nitrogens with zero attached hydrogens (tertiary/aromatic N) is 2. The second kappa shape index (κ2) is 7.04. The molecule has 1 aliphatic heterocycles. The molecule has 1 aromatic rings. The highest BCUT2D eigenvalue weighted by atomic mass is 16.5. The van der Waals surface area contributed by atoms with E-state index < -0.39 is 0 Å². The molecular weight excluding hydrogens is 270 g/mol. The molecule has 0 unspecified atom stereocenters. The zero-order chi connectivity index (χ0) is 15.4. The number of nitrogens with one attached hydrogen (secondary N) is 1. The third kappa shape index (κ3) is 3.83. The minimum atomic E-state index is -0.0338. The van der Waals surface area contributed by atoms with Gasteiger partial charge in [0.05, 0.1) is 24.9 Å². The summed E-state index contributed by atoms with van der Waals surface area (Å²) >= 11 is 0. The first-order valence-electron chi connectivity index (χ1n) is 7.50. The van der Waals surface area contributed by atoms with Crippen LogP contribution in [0.2, 0.25) is 0 Å². The van der Waals surface area contributed by atoms with Crippen LogP contribution in [0.5, 0.6) is 0 Å². The van der Waals surface area contributed by atoms with E-state index in [0.29, 0.717) is 32.7 Å². The number of carbonyl (C=O) groups is 1. The molecule has 118 valence electrons. The van der Waals surface area contributed by atoms with Gasteiger partial charge in [0.25, 0.3) is 0 Å². The molecule has 6 nitrogen and oxygen atoms in total.